The second-order valence-electron chi connectivity index (χ2n) is 3.16. The van der Waals surface area contributed by atoms with Crippen LogP contribution in [0.15, 0.2) is 23.0 Å². The van der Waals surface area contributed by atoms with E-state index in [1.54, 1.807) is 0 Å². The average molecular weight is 225 g/mol. The number of carbonyl (C=O) groups is 1. The number of aromatic carboxylic acids is 1. The summed E-state index contributed by atoms with van der Waals surface area (Å²) in [4.78, 5) is 24.2. The third-order valence-electron chi connectivity index (χ3n) is 2.09. The minimum Gasteiger partial charge on any atom is -0.477 e. The highest BCUT2D eigenvalue weighted by molar-refractivity contribution is 5.89. The summed E-state index contributed by atoms with van der Waals surface area (Å²) < 4.78 is 26.1. The number of H-pyrrole nitrogens is 1. The molecular weight excluding hydrogens is 220 g/mol. The van der Waals surface area contributed by atoms with E-state index in [4.69, 9.17) is 5.11 Å². The number of aromatic nitrogens is 1. The van der Waals surface area contributed by atoms with Crippen LogP contribution in [0, 0.1) is 11.6 Å². The van der Waals surface area contributed by atoms with E-state index < -0.39 is 28.7 Å². The van der Waals surface area contributed by atoms with Crippen LogP contribution in [-0.2, 0) is 0 Å². The van der Waals surface area contributed by atoms with Gasteiger partial charge in [-0.2, -0.15) is 0 Å². The fourth-order valence-corrected chi connectivity index (χ4v) is 1.39. The van der Waals surface area contributed by atoms with Crippen molar-refractivity contribution in [2.75, 3.05) is 0 Å². The molecular formula is C10H5F2NO3. The molecule has 0 atom stereocenters. The first-order valence-corrected chi connectivity index (χ1v) is 4.24. The summed E-state index contributed by atoms with van der Waals surface area (Å²) in [7, 11) is 0. The molecule has 0 fully saturated rings. The standard InChI is InChI=1S/C10H5F2NO3/c11-4-1-5-8(14)3-7(10(15)16)13-9(5)6(12)2-4/h1-3H,(H,13,14)(H,15,16). The van der Waals surface area contributed by atoms with Crippen molar-refractivity contribution < 1.29 is 18.7 Å². The molecule has 16 heavy (non-hydrogen) atoms. The summed E-state index contributed by atoms with van der Waals surface area (Å²) in [5.74, 6) is -3.28. The number of fused-ring (bicyclic) bond motifs is 1. The molecule has 0 saturated carbocycles. The lowest BCUT2D eigenvalue weighted by atomic mass is 10.2. The molecule has 2 aromatic rings. The lowest BCUT2D eigenvalue weighted by molar-refractivity contribution is 0.0691. The summed E-state index contributed by atoms with van der Waals surface area (Å²) in [6.45, 7) is 0. The molecule has 2 N–H and O–H groups in total. The Bertz CT molecular complexity index is 648. The summed E-state index contributed by atoms with van der Waals surface area (Å²) in [5, 5.41) is 8.43. The van der Waals surface area contributed by atoms with Crippen LogP contribution in [0.1, 0.15) is 10.5 Å². The van der Waals surface area contributed by atoms with Gasteiger partial charge in [-0.1, -0.05) is 0 Å². The monoisotopic (exact) mass is 225 g/mol. The zero-order chi connectivity index (χ0) is 11.9. The van der Waals surface area contributed by atoms with Gasteiger partial charge in [0, 0.05) is 12.1 Å². The van der Waals surface area contributed by atoms with Gasteiger partial charge in [0.05, 0.1) is 10.9 Å². The van der Waals surface area contributed by atoms with Crippen molar-refractivity contribution in [3.8, 4) is 0 Å². The predicted molar refractivity (Wildman–Crippen MR) is 51.4 cm³/mol. The van der Waals surface area contributed by atoms with Crippen LogP contribution in [-0.4, -0.2) is 16.1 Å². The van der Waals surface area contributed by atoms with E-state index in [0.29, 0.717) is 6.07 Å². The van der Waals surface area contributed by atoms with Crippen molar-refractivity contribution in [2.45, 2.75) is 0 Å². The van der Waals surface area contributed by atoms with E-state index in [1.807, 2.05) is 0 Å². The van der Waals surface area contributed by atoms with E-state index in [0.717, 1.165) is 12.1 Å². The maximum atomic E-state index is 13.3. The summed E-state index contributed by atoms with van der Waals surface area (Å²) in [5.41, 5.74) is -1.50. The quantitative estimate of drug-likeness (QED) is 0.772. The van der Waals surface area contributed by atoms with Crippen LogP contribution in [0.25, 0.3) is 10.9 Å². The highest BCUT2D eigenvalue weighted by atomic mass is 19.1. The number of benzene rings is 1. The SMILES string of the molecule is O=C(O)c1cc(=O)c2cc(F)cc(F)c2[nH]1. The lowest BCUT2D eigenvalue weighted by Gasteiger charge is -2.01. The number of carboxylic acids is 1. The molecule has 1 aromatic carbocycles. The number of pyridine rings is 1. The molecule has 0 unspecified atom stereocenters. The van der Waals surface area contributed by atoms with E-state index >= 15 is 0 Å². The molecule has 6 heteroatoms. The molecule has 2 rings (SSSR count). The number of rotatable bonds is 1. The third-order valence-corrected chi connectivity index (χ3v) is 2.09. The maximum Gasteiger partial charge on any atom is 0.352 e. The molecule has 1 aromatic heterocycles. The average Bonchev–Trinajstić information content (AvgIpc) is 2.19. The maximum absolute atomic E-state index is 13.3. The Morgan fingerprint density at radius 1 is 1.25 bits per heavy atom. The van der Waals surface area contributed by atoms with Gasteiger partial charge in [0.15, 0.2) is 5.43 Å². The number of aromatic amines is 1. The molecule has 1 heterocycles. The zero-order valence-corrected chi connectivity index (χ0v) is 7.75. The van der Waals surface area contributed by atoms with Crippen LogP contribution >= 0.6 is 0 Å². The van der Waals surface area contributed by atoms with Crippen molar-refractivity contribution >= 4 is 16.9 Å². The van der Waals surface area contributed by atoms with Gasteiger partial charge in [-0.3, -0.25) is 4.79 Å². The van der Waals surface area contributed by atoms with Gasteiger partial charge in [0.1, 0.15) is 17.3 Å². The topological polar surface area (TPSA) is 70.2 Å². The van der Waals surface area contributed by atoms with E-state index in [2.05, 4.69) is 4.98 Å². The van der Waals surface area contributed by atoms with Crippen LogP contribution in [0.2, 0.25) is 0 Å². The fourth-order valence-electron chi connectivity index (χ4n) is 1.39. The van der Waals surface area contributed by atoms with Crippen molar-refractivity contribution in [3.05, 3.63) is 45.8 Å². The molecule has 4 nitrogen and oxygen atoms in total. The second-order valence-corrected chi connectivity index (χ2v) is 3.16. The van der Waals surface area contributed by atoms with E-state index in [-0.39, 0.29) is 10.9 Å². The molecule has 0 radical (unpaired) electrons. The Balaban J connectivity index is 2.93. The van der Waals surface area contributed by atoms with Gasteiger partial charge in [-0.25, -0.2) is 13.6 Å². The number of nitrogens with one attached hydrogen (secondary N) is 1. The normalized spacial score (nSPS) is 10.6. The zero-order valence-electron chi connectivity index (χ0n) is 7.75. The molecule has 82 valence electrons. The van der Waals surface area contributed by atoms with E-state index in [9.17, 15) is 18.4 Å². The first kappa shape index (κ1) is 10.3. The lowest BCUT2D eigenvalue weighted by Crippen LogP contribution is -2.10. The number of hydrogen-bond acceptors (Lipinski definition) is 2. The molecule has 0 spiro atoms. The minimum atomic E-state index is -1.39. The first-order valence-electron chi connectivity index (χ1n) is 4.24. The molecule has 0 amide bonds. The highest BCUT2D eigenvalue weighted by Gasteiger charge is 2.12. The van der Waals surface area contributed by atoms with Gasteiger partial charge in [-0.15, -0.1) is 0 Å². The number of halogens is 2. The Morgan fingerprint density at radius 2 is 1.94 bits per heavy atom. The summed E-state index contributed by atoms with van der Waals surface area (Å²) in [6, 6.07) is 2.20. The highest BCUT2D eigenvalue weighted by Crippen LogP contribution is 2.14. The van der Waals surface area contributed by atoms with Gasteiger partial charge in [0.25, 0.3) is 0 Å². The van der Waals surface area contributed by atoms with E-state index in [1.165, 1.54) is 0 Å². The largest absolute Gasteiger partial charge is 0.477 e. The molecule has 0 aliphatic rings. The molecule has 0 bridgehead atoms. The molecule has 0 aliphatic carbocycles. The van der Waals surface area contributed by atoms with Gasteiger partial charge in [0.2, 0.25) is 0 Å². The fraction of sp³-hybridized carbons (Fsp3) is 0. The number of hydrogen-bond donors (Lipinski definition) is 2. The third kappa shape index (κ3) is 1.54. The first-order chi connectivity index (χ1) is 7.49. The minimum absolute atomic E-state index is 0.220. The van der Waals surface area contributed by atoms with Crippen LogP contribution in [0.3, 0.4) is 0 Å². The Hall–Kier alpha value is -2.24. The van der Waals surface area contributed by atoms with Crippen LogP contribution in [0.5, 0.6) is 0 Å². The van der Waals surface area contributed by atoms with Crippen LogP contribution < -0.4 is 5.43 Å². The summed E-state index contributed by atoms with van der Waals surface area (Å²) in [6.07, 6.45) is 0. The smallest absolute Gasteiger partial charge is 0.352 e. The van der Waals surface area contributed by atoms with Crippen molar-refractivity contribution in [2.24, 2.45) is 0 Å². The predicted octanol–water partition coefficient (Wildman–Crippen LogP) is 1.50. The Labute approximate surface area is 87.1 Å². The summed E-state index contributed by atoms with van der Waals surface area (Å²) >= 11 is 0. The Kier molecular flexibility index (Phi) is 2.19. The van der Waals surface area contributed by atoms with Gasteiger partial charge in [-0.05, 0) is 6.07 Å². The second kappa shape index (κ2) is 3.41. The molecule has 0 aliphatic heterocycles. The van der Waals surface area contributed by atoms with Crippen molar-refractivity contribution in [3.63, 3.8) is 0 Å². The van der Waals surface area contributed by atoms with Gasteiger partial charge >= 0.3 is 5.97 Å². The Morgan fingerprint density at radius 3 is 2.56 bits per heavy atom. The van der Waals surface area contributed by atoms with Crippen LogP contribution in [0.4, 0.5) is 8.78 Å². The van der Waals surface area contributed by atoms with Crippen molar-refractivity contribution in [1.29, 1.82) is 0 Å². The number of carboxylic acid groups (broad SMARTS) is 1. The van der Waals surface area contributed by atoms with Crippen molar-refractivity contribution in [1.82, 2.24) is 4.98 Å². The van der Waals surface area contributed by atoms with Gasteiger partial charge < -0.3 is 10.1 Å². The molecule has 0 saturated heterocycles.